The first-order chi connectivity index (χ1) is 7.84. The van der Waals surface area contributed by atoms with Gasteiger partial charge in [-0.05, 0) is 29.8 Å². The summed E-state index contributed by atoms with van der Waals surface area (Å²) in [6.45, 7) is 0.756. The molecule has 0 bridgehead atoms. The maximum Gasteiger partial charge on any atom is 0.0487 e. The summed E-state index contributed by atoms with van der Waals surface area (Å²) >= 11 is 5.81. The molecule has 0 atom stereocenters. The van der Waals surface area contributed by atoms with Crippen LogP contribution in [0.2, 0.25) is 5.02 Å². The van der Waals surface area contributed by atoms with Crippen molar-refractivity contribution in [1.29, 1.82) is 0 Å². The Hall–Kier alpha value is -1.51. The zero-order chi connectivity index (χ0) is 11.2. The van der Waals surface area contributed by atoms with Crippen molar-refractivity contribution in [3.63, 3.8) is 0 Å². The van der Waals surface area contributed by atoms with Gasteiger partial charge in [0, 0.05) is 17.3 Å². The van der Waals surface area contributed by atoms with Gasteiger partial charge >= 0.3 is 0 Å². The van der Waals surface area contributed by atoms with E-state index in [1.165, 1.54) is 5.56 Å². The van der Waals surface area contributed by atoms with Crippen LogP contribution in [-0.4, -0.2) is 0 Å². The van der Waals surface area contributed by atoms with Gasteiger partial charge in [0.2, 0.25) is 0 Å². The second-order valence-electron chi connectivity index (χ2n) is 3.47. The highest BCUT2D eigenvalue weighted by Crippen LogP contribution is 2.09. The Morgan fingerprint density at radius 3 is 2.25 bits per heavy atom. The zero-order valence-corrected chi connectivity index (χ0v) is 9.54. The molecule has 0 aliphatic heterocycles. The highest BCUT2D eigenvalue weighted by molar-refractivity contribution is 6.30. The molecule has 2 aromatic carbocycles. The summed E-state index contributed by atoms with van der Waals surface area (Å²) in [6.07, 6.45) is 0. The first-order valence-electron chi connectivity index (χ1n) is 5.13. The third-order valence-corrected chi connectivity index (χ3v) is 2.46. The summed E-state index contributed by atoms with van der Waals surface area (Å²) < 4.78 is 0. The summed E-state index contributed by atoms with van der Waals surface area (Å²) in [6, 6.07) is 17.8. The molecule has 0 amide bonds. The Kier molecular flexibility index (Phi) is 3.81. The van der Waals surface area contributed by atoms with E-state index in [0.29, 0.717) is 0 Å². The lowest BCUT2D eigenvalue weighted by molar-refractivity contribution is 0.801. The SMILES string of the molecule is Clc1ccc(CNNc2ccccc2)cc1. The molecule has 0 heterocycles. The van der Waals surface area contributed by atoms with Crippen molar-refractivity contribution in [3.8, 4) is 0 Å². The number of halogens is 1. The zero-order valence-electron chi connectivity index (χ0n) is 8.78. The quantitative estimate of drug-likeness (QED) is 0.789. The first kappa shape index (κ1) is 11.0. The molecule has 0 saturated heterocycles. The van der Waals surface area contributed by atoms with Crippen LogP contribution >= 0.6 is 11.6 Å². The van der Waals surface area contributed by atoms with Crippen molar-refractivity contribution in [1.82, 2.24) is 5.43 Å². The van der Waals surface area contributed by atoms with E-state index < -0.39 is 0 Å². The van der Waals surface area contributed by atoms with Gasteiger partial charge in [0.25, 0.3) is 0 Å². The molecule has 2 N–H and O–H groups in total. The smallest absolute Gasteiger partial charge is 0.0487 e. The number of para-hydroxylation sites is 1. The van der Waals surface area contributed by atoms with Crippen LogP contribution in [-0.2, 0) is 6.54 Å². The monoisotopic (exact) mass is 232 g/mol. The number of hydrazine groups is 1. The van der Waals surface area contributed by atoms with Crippen molar-refractivity contribution in [3.05, 3.63) is 65.2 Å². The predicted molar refractivity (Wildman–Crippen MR) is 68.4 cm³/mol. The van der Waals surface area contributed by atoms with Crippen molar-refractivity contribution < 1.29 is 0 Å². The second-order valence-corrected chi connectivity index (χ2v) is 3.91. The second kappa shape index (κ2) is 5.54. The lowest BCUT2D eigenvalue weighted by Gasteiger charge is -2.08. The third-order valence-electron chi connectivity index (χ3n) is 2.21. The van der Waals surface area contributed by atoms with Gasteiger partial charge in [-0.1, -0.05) is 41.9 Å². The fraction of sp³-hybridized carbons (Fsp3) is 0.0769. The van der Waals surface area contributed by atoms with Gasteiger partial charge in [-0.2, -0.15) is 0 Å². The van der Waals surface area contributed by atoms with Crippen molar-refractivity contribution in [2.24, 2.45) is 0 Å². The van der Waals surface area contributed by atoms with Gasteiger partial charge in [-0.15, -0.1) is 0 Å². The minimum Gasteiger partial charge on any atom is -0.321 e. The topological polar surface area (TPSA) is 24.1 Å². The van der Waals surface area contributed by atoms with E-state index in [9.17, 15) is 0 Å². The van der Waals surface area contributed by atoms with Crippen LogP contribution in [0.5, 0.6) is 0 Å². The molecule has 0 unspecified atom stereocenters. The molecule has 0 aromatic heterocycles. The molecule has 3 heteroatoms. The summed E-state index contributed by atoms with van der Waals surface area (Å²) in [5.74, 6) is 0. The molecular weight excluding hydrogens is 220 g/mol. The molecule has 82 valence electrons. The summed E-state index contributed by atoms with van der Waals surface area (Å²) in [4.78, 5) is 0. The van der Waals surface area contributed by atoms with E-state index in [1.807, 2.05) is 54.6 Å². The Balaban J connectivity index is 1.82. The molecule has 0 aliphatic carbocycles. The van der Waals surface area contributed by atoms with E-state index in [1.54, 1.807) is 0 Å². The third kappa shape index (κ3) is 3.26. The number of benzene rings is 2. The average molecular weight is 233 g/mol. The van der Waals surface area contributed by atoms with E-state index >= 15 is 0 Å². The Labute approximate surface area is 100 Å². The Morgan fingerprint density at radius 1 is 0.875 bits per heavy atom. The van der Waals surface area contributed by atoms with Gasteiger partial charge in [0.15, 0.2) is 0 Å². The highest BCUT2D eigenvalue weighted by atomic mass is 35.5. The van der Waals surface area contributed by atoms with Gasteiger partial charge in [-0.25, -0.2) is 5.43 Å². The molecule has 0 radical (unpaired) electrons. The molecule has 2 aromatic rings. The van der Waals surface area contributed by atoms with Crippen LogP contribution in [0.25, 0.3) is 0 Å². The number of hydrogen-bond acceptors (Lipinski definition) is 2. The summed E-state index contributed by atoms with van der Waals surface area (Å²) in [5, 5.41) is 0.764. The van der Waals surface area contributed by atoms with E-state index in [4.69, 9.17) is 11.6 Å². The van der Waals surface area contributed by atoms with Gasteiger partial charge < -0.3 is 5.43 Å². The highest BCUT2D eigenvalue weighted by Gasteiger charge is 1.92. The lowest BCUT2D eigenvalue weighted by Crippen LogP contribution is -2.20. The van der Waals surface area contributed by atoms with Crippen LogP contribution in [0.15, 0.2) is 54.6 Å². The minimum absolute atomic E-state index is 0.756. The van der Waals surface area contributed by atoms with E-state index in [2.05, 4.69) is 10.9 Å². The van der Waals surface area contributed by atoms with Gasteiger partial charge in [-0.3, -0.25) is 0 Å². The first-order valence-corrected chi connectivity index (χ1v) is 5.51. The van der Waals surface area contributed by atoms with Crippen LogP contribution in [0.1, 0.15) is 5.56 Å². The molecule has 2 rings (SSSR count). The fourth-order valence-electron chi connectivity index (χ4n) is 1.37. The minimum atomic E-state index is 0.756. The molecular formula is C13H13ClN2. The van der Waals surface area contributed by atoms with E-state index in [0.717, 1.165) is 17.3 Å². The van der Waals surface area contributed by atoms with Crippen LogP contribution < -0.4 is 10.9 Å². The normalized spacial score (nSPS) is 10.1. The summed E-state index contributed by atoms with van der Waals surface area (Å²) in [5.41, 5.74) is 8.51. The molecule has 16 heavy (non-hydrogen) atoms. The molecule has 0 aliphatic rings. The van der Waals surface area contributed by atoms with Crippen molar-refractivity contribution >= 4 is 17.3 Å². The van der Waals surface area contributed by atoms with Crippen molar-refractivity contribution in [2.75, 3.05) is 5.43 Å². The average Bonchev–Trinajstić information content (AvgIpc) is 2.33. The maximum atomic E-state index is 5.81. The number of nitrogens with one attached hydrogen (secondary N) is 2. The Morgan fingerprint density at radius 2 is 1.56 bits per heavy atom. The van der Waals surface area contributed by atoms with E-state index in [-0.39, 0.29) is 0 Å². The summed E-state index contributed by atoms with van der Waals surface area (Å²) in [7, 11) is 0. The predicted octanol–water partition coefficient (Wildman–Crippen LogP) is 3.46. The standard InChI is InChI=1S/C13H13ClN2/c14-12-8-6-11(7-9-12)10-15-16-13-4-2-1-3-5-13/h1-9,15-16H,10H2. The molecule has 0 saturated carbocycles. The lowest BCUT2D eigenvalue weighted by atomic mass is 10.2. The van der Waals surface area contributed by atoms with Gasteiger partial charge in [0.05, 0.1) is 0 Å². The van der Waals surface area contributed by atoms with Crippen LogP contribution in [0, 0.1) is 0 Å². The van der Waals surface area contributed by atoms with Crippen LogP contribution in [0.4, 0.5) is 5.69 Å². The molecule has 2 nitrogen and oxygen atoms in total. The fourth-order valence-corrected chi connectivity index (χ4v) is 1.50. The van der Waals surface area contributed by atoms with Crippen molar-refractivity contribution in [2.45, 2.75) is 6.54 Å². The van der Waals surface area contributed by atoms with Gasteiger partial charge in [0.1, 0.15) is 0 Å². The molecule has 0 fully saturated rings. The number of hydrogen-bond donors (Lipinski definition) is 2. The maximum absolute atomic E-state index is 5.81. The van der Waals surface area contributed by atoms with Crippen LogP contribution in [0.3, 0.4) is 0 Å². The number of anilines is 1. The largest absolute Gasteiger partial charge is 0.321 e. The Bertz CT molecular complexity index is 425. The number of rotatable bonds is 4. The molecule has 0 spiro atoms.